The highest BCUT2D eigenvalue weighted by Gasteiger charge is 2.45. The summed E-state index contributed by atoms with van der Waals surface area (Å²) < 4.78 is 5.20. The molecule has 3 aliphatic heterocycles. The van der Waals surface area contributed by atoms with E-state index < -0.39 is 0 Å². The van der Waals surface area contributed by atoms with Crippen LogP contribution in [-0.2, 0) is 4.74 Å². The standard InChI is InChI=1S/C21H37N3O2/c1-2-26-21(25)23-13-10-18(11-14-23)24-16-15-22-12-6-9-19(22)20(24)17-7-4-3-5-8-17/h17-20H,2-16H2,1H3. The summed E-state index contributed by atoms with van der Waals surface area (Å²) in [5.74, 6) is 0.901. The number of likely N-dealkylation sites (tertiary alicyclic amines) is 1. The molecule has 148 valence electrons. The van der Waals surface area contributed by atoms with Gasteiger partial charge in [-0.25, -0.2) is 4.79 Å². The average Bonchev–Trinajstić information content (AvgIpc) is 3.17. The second-order valence-corrected chi connectivity index (χ2v) is 8.79. The van der Waals surface area contributed by atoms with Crippen LogP contribution in [0.5, 0.6) is 0 Å². The van der Waals surface area contributed by atoms with Crippen LogP contribution in [0.25, 0.3) is 0 Å². The number of ether oxygens (including phenoxy) is 1. The SMILES string of the molecule is CCOC(=O)N1CCC(N2CCN3CCCC3C2C2CCCCC2)CC1. The lowest BCUT2D eigenvalue weighted by Gasteiger charge is -2.53. The van der Waals surface area contributed by atoms with Crippen molar-refractivity contribution in [3.8, 4) is 0 Å². The highest BCUT2D eigenvalue weighted by atomic mass is 16.6. The summed E-state index contributed by atoms with van der Waals surface area (Å²) >= 11 is 0. The van der Waals surface area contributed by atoms with Crippen LogP contribution in [0.3, 0.4) is 0 Å². The molecule has 5 heteroatoms. The zero-order valence-electron chi connectivity index (χ0n) is 16.6. The first kappa shape index (κ1) is 18.5. The quantitative estimate of drug-likeness (QED) is 0.770. The van der Waals surface area contributed by atoms with Gasteiger partial charge in [0.1, 0.15) is 0 Å². The molecule has 4 rings (SSSR count). The predicted molar refractivity (Wildman–Crippen MR) is 103 cm³/mol. The van der Waals surface area contributed by atoms with Crippen LogP contribution in [0.1, 0.15) is 64.7 Å². The van der Waals surface area contributed by atoms with Gasteiger partial charge in [-0.05, 0) is 57.9 Å². The van der Waals surface area contributed by atoms with Crippen molar-refractivity contribution in [2.75, 3.05) is 39.3 Å². The second-order valence-electron chi connectivity index (χ2n) is 8.79. The largest absolute Gasteiger partial charge is 0.450 e. The molecule has 26 heavy (non-hydrogen) atoms. The minimum atomic E-state index is -0.115. The Morgan fingerprint density at radius 2 is 1.65 bits per heavy atom. The lowest BCUT2D eigenvalue weighted by Crippen LogP contribution is -2.64. The Morgan fingerprint density at radius 3 is 2.38 bits per heavy atom. The van der Waals surface area contributed by atoms with Crippen LogP contribution in [-0.4, -0.2) is 78.2 Å². The van der Waals surface area contributed by atoms with Crippen LogP contribution in [0.4, 0.5) is 4.79 Å². The molecular weight excluding hydrogens is 326 g/mol. The van der Waals surface area contributed by atoms with Crippen molar-refractivity contribution < 1.29 is 9.53 Å². The van der Waals surface area contributed by atoms with Crippen molar-refractivity contribution in [1.82, 2.24) is 14.7 Å². The molecule has 0 radical (unpaired) electrons. The van der Waals surface area contributed by atoms with Crippen molar-refractivity contribution >= 4 is 6.09 Å². The number of piperidine rings is 1. The minimum absolute atomic E-state index is 0.115. The average molecular weight is 364 g/mol. The number of hydrogen-bond acceptors (Lipinski definition) is 4. The van der Waals surface area contributed by atoms with Gasteiger partial charge in [0, 0.05) is 44.3 Å². The Kier molecular flexibility index (Phi) is 6.04. The van der Waals surface area contributed by atoms with E-state index in [0.29, 0.717) is 12.6 Å². The van der Waals surface area contributed by atoms with Crippen LogP contribution < -0.4 is 0 Å². The topological polar surface area (TPSA) is 36.0 Å². The molecule has 1 saturated carbocycles. The highest BCUT2D eigenvalue weighted by molar-refractivity contribution is 5.67. The maximum absolute atomic E-state index is 12.0. The molecule has 0 N–H and O–H groups in total. The fourth-order valence-electron chi connectivity index (χ4n) is 6.21. The maximum atomic E-state index is 12.0. The number of rotatable bonds is 3. The lowest BCUT2D eigenvalue weighted by atomic mass is 9.78. The van der Waals surface area contributed by atoms with E-state index in [9.17, 15) is 4.79 Å². The van der Waals surface area contributed by atoms with E-state index in [2.05, 4.69) is 9.80 Å². The Hall–Kier alpha value is -0.810. The van der Waals surface area contributed by atoms with E-state index in [0.717, 1.165) is 43.9 Å². The number of piperazine rings is 1. The lowest BCUT2D eigenvalue weighted by molar-refractivity contribution is -0.0382. The van der Waals surface area contributed by atoms with Gasteiger partial charge in [-0.15, -0.1) is 0 Å². The first-order valence-electron chi connectivity index (χ1n) is 11.2. The summed E-state index contributed by atoms with van der Waals surface area (Å²) in [4.78, 5) is 19.6. The van der Waals surface area contributed by atoms with E-state index >= 15 is 0 Å². The Morgan fingerprint density at radius 1 is 0.885 bits per heavy atom. The molecule has 0 aromatic heterocycles. The summed E-state index contributed by atoms with van der Waals surface area (Å²) in [5, 5.41) is 0. The fourth-order valence-corrected chi connectivity index (χ4v) is 6.21. The van der Waals surface area contributed by atoms with Crippen LogP contribution in [0.15, 0.2) is 0 Å². The van der Waals surface area contributed by atoms with E-state index in [-0.39, 0.29) is 6.09 Å². The van der Waals surface area contributed by atoms with Gasteiger partial charge in [0.25, 0.3) is 0 Å². The molecule has 0 aromatic rings. The van der Waals surface area contributed by atoms with E-state index in [1.165, 1.54) is 64.6 Å². The summed E-state index contributed by atoms with van der Waals surface area (Å²) in [6, 6.07) is 2.23. The van der Waals surface area contributed by atoms with Gasteiger partial charge in [-0.3, -0.25) is 9.80 Å². The Balaban J connectivity index is 1.43. The van der Waals surface area contributed by atoms with Crippen LogP contribution >= 0.6 is 0 Å². The summed E-state index contributed by atoms with van der Waals surface area (Å²) in [6.45, 7) is 7.92. The zero-order chi connectivity index (χ0) is 17.9. The molecule has 0 bridgehead atoms. The smallest absolute Gasteiger partial charge is 0.409 e. The van der Waals surface area contributed by atoms with Crippen LogP contribution in [0.2, 0.25) is 0 Å². The third-order valence-electron chi connectivity index (χ3n) is 7.43. The van der Waals surface area contributed by atoms with E-state index in [1.54, 1.807) is 0 Å². The van der Waals surface area contributed by atoms with Gasteiger partial charge in [-0.1, -0.05) is 19.3 Å². The van der Waals surface area contributed by atoms with Gasteiger partial charge in [0.05, 0.1) is 6.61 Å². The zero-order valence-corrected chi connectivity index (χ0v) is 16.6. The molecule has 1 aliphatic carbocycles. The molecule has 0 aromatic carbocycles. The summed E-state index contributed by atoms with van der Waals surface area (Å²) in [6.07, 6.45) is 12.1. The number of hydrogen-bond donors (Lipinski definition) is 0. The fraction of sp³-hybridized carbons (Fsp3) is 0.952. The third-order valence-corrected chi connectivity index (χ3v) is 7.43. The third kappa shape index (κ3) is 3.75. The highest BCUT2D eigenvalue weighted by Crippen LogP contribution is 2.39. The molecule has 5 nitrogen and oxygen atoms in total. The maximum Gasteiger partial charge on any atom is 0.409 e. The van der Waals surface area contributed by atoms with Gasteiger partial charge in [0.2, 0.25) is 0 Å². The van der Waals surface area contributed by atoms with Crippen molar-refractivity contribution in [1.29, 1.82) is 0 Å². The second kappa shape index (κ2) is 8.47. The monoisotopic (exact) mass is 363 g/mol. The van der Waals surface area contributed by atoms with E-state index in [1.807, 2.05) is 11.8 Å². The van der Waals surface area contributed by atoms with Crippen molar-refractivity contribution in [3.63, 3.8) is 0 Å². The predicted octanol–water partition coefficient (Wildman–Crippen LogP) is 3.34. The molecule has 2 unspecified atom stereocenters. The first-order valence-corrected chi connectivity index (χ1v) is 11.2. The van der Waals surface area contributed by atoms with Gasteiger partial charge >= 0.3 is 6.09 Å². The number of amides is 1. The molecule has 4 aliphatic rings. The molecule has 0 spiro atoms. The molecule has 1 amide bonds. The number of carbonyl (C=O) groups is 1. The molecule has 2 atom stereocenters. The minimum Gasteiger partial charge on any atom is -0.450 e. The van der Waals surface area contributed by atoms with Gasteiger partial charge in [-0.2, -0.15) is 0 Å². The van der Waals surface area contributed by atoms with Gasteiger partial charge in [0.15, 0.2) is 0 Å². The van der Waals surface area contributed by atoms with Crippen LogP contribution in [0, 0.1) is 5.92 Å². The number of carbonyl (C=O) groups excluding carboxylic acids is 1. The summed E-state index contributed by atoms with van der Waals surface area (Å²) in [7, 11) is 0. The van der Waals surface area contributed by atoms with Crippen molar-refractivity contribution in [2.24, 2.45) is 5.92 Å². The molecule has 4 fully saturated rings. The van der Waals surface area contributed by atoms with Crippen molar-refractivity contribution in [2.45, 2.75) is 82.8 Å². The van der Waals surface area contributed by atoms with Gasteiger partial charge < -0.3 is 9.64 Å². The summed E-state index contributed by atoms with van der Waals surface area (Å²) in [5.41, 5.74) is 0. The number of nitrogens with zero attached hydrogens (tertiary/aromatic N) is 3. The van der Waals surface area contributed by atoms with Crippen molar-refractivity contribution in [3.05, 3.63) is 0 Å². The molecule has 3 saturated heterocycles. The molecule has 3 heterocycles. The number of fused-ring (bicyclic) bond motifs is 1. The Bertz CT molecular complexity index is 472. The first-order chi connectivity index (χ1) is 12.8. The normalized spacial score (nSPS) is 32.6. The van der Waals surface area contributed by atoms with E-state index in [4.69, 9.17) is 4.74 Å². The molecular formula is C21H37N3O2. The Labute approximate surface area is 159 Å².